The number of non-ortho nitro benzene ring substituents is 1. The maximum Gasteiger partial charge on any atom is 0.269 e. The third kappa shape index (κ3) is 6.11. The van der Waals surface area contributed by atoms with Gasteiger partial charge in [0.05, 0.1) is 4.92 Å². The van der Waals surface area contributed by atoms with Crippen molar-refractivity contribution in [2.75, 3.05) is 5.32 Å². The molecule has 152 valence electrons. The van der Waals surface area contributed by atoms with Crippen molar-refractivity contribution in [3.63, 3.8) is 0 Å². The van der Waals surface area contributed by atoms with Gasteiger partial charge in [-0.05, 0) is 23.8 Å². The van der Waals surface area contributed by atoms with Crippen molar-refractivity contribution < 1.29 is 14.5 Å². The van der Waals surface area contributed by atoms with Crippen LogP contribution in [0.15, 0.2) is 70.9 Å². The Morgan fingerprint density at radius 2 is 1.93 bits per heavy atom. The average molecular weight is 423 g/mol. The van der Waals surface area contributed by atoms with E-state index in [0.717, 1.165) is 17.3 Å². The van der Waals surface area contributed by atoms with Gasteiger partial charge in [-0.25, -0.2) is 0 Å². The van der Waals surface area contributed by atoms with Crippen molar-refractivity contribution >= 4 is 52.4 Å². The van der Waals surface area contributed by atoms with Crippen molar-refractivity contribution in [2.24, 2.45) is 10.2 Å². The number of hydrogen-bond donors (Lipinski definition) is 2. The number of nitrogens with zero attached hydrogens (tertiary/aromatic N) is 3. The molecule has 2 N–H and O–H groups in total. The lowest BCUT2D eigenvalue weighted by Gasteiger charge is -2.07. The molecule has 2 aromatic carbocycles. The molecule has 0 aliphatic carbocycles. The summed E-state index contributed by atoms with van der Waals surface area (Å²) < 4.78 is 0. The molecule has 1 aliphatic heterocycles. The number of thioether (sulfide) groups is 1. The fraction of sp³-hybridized carbons (Fsp3) is 0.100. The second kappa shape index (κ2) is 10.1. The highest BCUT2D eigenvalue weighted by atomic mass is 32.2. The lowest BCUT2D eigenvalue weighted by molar-refractivity contribution is -0.384. The lowest BCUT2D eigenvalue weighted by Crippen LogP contribution is -2.28. The molecule has 1 fully saturated rings. The van der Waals surface area contributed by atoms with Crippen LogP contribution in [-0.2, 0) is 9.59 Å². The van der Waals surface area contributed by atoms with Gasteiger partial charge >= 0.3 is 0 Å². The molecule has 1 saturated heterocycles. The largest absolute Gasteiger partial charge is 0.326 e. The summed E-state index contributed by atoms with van der Waals surface area (Å²) in [5, 5.41) is 23.4. The number of amidine groups is 1. The fourth-order valence-corrected chi connectivity index (χ4v) is 3.40. The summed E-state index contributed by atoms with van der Waals surface area (Å²) in [6, 6.07) is 15.2. The van der Waals surface area contributed by atoms with Gasteiger partial charge in [-0.3, -0.25) is 19.7 Å². The summed E-state index contributed by atoms with van der Waals surface area (Å²) in [4.78, 5) is 34.3. The molecular weight excluding hydrogens is 406 g/mol. The fourth-order valence-electron chi connectivity index (χ4n) is 2.48. The van der Waals surface area contributed by atoms with Crippen LogP contribution in [0.4, 0.5) is 11.4 Å². The predicted octanol–water partition coefficient (Wildman–Crippen LogP) is 3.21. The summed E-state index contributed by atoms with van der Waals surface area (Å²) in [6.45, 7) is 0. The quantitative estimate of drug-likeness (QED) is 0.402. The number of hydrogen-bond acceptors (Lipinski definition) is 7. The first-order chi connectivity index (χ1) is 14.5. The van der Waals surface area contributed by atoms with Gasteiger partial charge in [0.1, 0.15) is 5.25 Å². The zero-order valence-electron chi connectivity index (χ0n) is 15.6. The van der Waals surface area contributed by atoms with Crippen LogP contribution in [0.1, 0.15) is 12.0 Å². The van der Waals surface area contributed by atoms with Crippen LogP contribution in [0.25, 0.3) is 6.08 Å². The SMILES string of the molecule is O=C(CC1S/C(=N/N=CC=Cc2ccccc2)NC1=O)Nc1ccc([N+](=O)[O-])cc1. The van der Waals surface area contributed by atoms with Crippen LogP contribution in [0.2, 0.25) is 0 Å². The molecular formula is C20H17N5O4S. The molecule has 1 aliphatic rings. The van der Waals surface area contributed by atoms with Gasteiger partial charge in [0.25, 0.3) is 5.69 Å². The minimum atomic E-state index is -0.628. The molecule has 10 heteroatoms. The number of carbonyl (C=O) groups is 2. The van der Waals surface area contributed by atoms with Crippen molar-refractivity contribution in [1.82, 2.24) is 5.32 Å². The Bertz CT molecular complexity index is 1020. The molecule has 2 aromatic rings. The van der Waals surface area contributed by atoms with E-state index in [4.69, 9.17) is 0 Å². The monoisotopic (exact) mass is 423 g/mol. The smallest absolute Gasteiger partial charge is 0.269 e. The minimum absolute atomic E-state index is 0.0653. The maximum absolute atomic E-state index is 12.2. The Labute approximate surface area is 176 Å². The highest BCUT2D eigenvalue weighted by Crippen LogP contribution is 2.23. The molecule has 2 amide bonds. The molecule has 0 aromatic heterocycles. The van der Waals surface area contributed by atoms with E-state index in [9.17, 15) is 19.7 Å². The van der Waals surface area contributed by atoms with Crippen LogP contribution in [0.3, 0.4) is 0 Å². The molecule has 1 unspecified atom stereocenters. The Hall–Kier alpha value is -3.79. The summed E-state index contributed by atoms with van der Waals surface area (Å²) in [6.07, 6.45) is 5.04. The molecule has 0 spiro atoms. The molecule has 9 nitrogen and oxygen atoms in total. The van der Waals surface area contributed by atoms with Crippen molar-refractivity contribution in [2.45, 2.75) is 11.7 Å². The number of nitrogens with one attached hydrogen (secondary N) is 2. The Morgan fingerprint density at radius 1 is 1.20 bits per heavy atom. The summed E-state index contributed by atoms with van der Waals surface area (Å²) in [5.41, 5.74) is 1.37. The van der Waals surface area contributed by atoms with Crippen molar-refractivity contribution in [3.8, 4) is 0 Å². The van der Waals surface area contributed by atoms with Gasteiger partial charge in [-0.2, -0.15) is 5.10 Å². The third-order valence-corrected chi connectivity index (χ3v) is 4.97. The maximum atomic E-state index is 12.2. The van der Waals surface area contributed by atoms with Gasteiger partial charge in [0.15, 0.2) is 5.17 Å². The second-order valence-corrected chi connectivity index (χ2v) is 7.28. The number of allylic oxidation sites excluding steroid dienone is 1. The van der Waals surface area contributed by atoms with Crippen LogP contribution in [0.5, 0.6) is 0 Å². The average Bonchev–Trinajstić information content (AvgIpc) is 3.08. The van der Waals surface area contributed by atoms with Gasteiger partial charge < -0.3 is 10.6 Å². The first-order valence-electron chi connectivity index (χ1n) is 8.86. The minimum Gasteiger partial charge on any atom is -0.326 e. The van der Waals surface area contributed by atoms with Crippen molar-refractivity contribution in [1.29, 1.82) is 0 Å². The summed E-state index contributed by atoms with van der Waals surface area (Å²) in [7, 11) is 0. The van der Waals surface area contributed by atoms with E-state index in [0.29, 0.717) is 10.9 Å². The highest BCUT2D eigenvalue weighted by Gasteiger charge is 2.32. The number of carbonyl (C=O) groups excluding carboxylic acids is 2. The predicted molar refractivity (Wildman–Crippen MR) is 117 cm³/mol. The highest BCUT2D eigenvalue weighted by molar-refractivity contribution is 8.15. The van der Waals surface area contributed by atoms with Gasteiger partial charge in [0, 0.05) is 30.5 Å². The summed E-state index contributed by atoms with van der Waals surface area (Å²) >= 11 is 1.12. The van der Waals surface area contributed by atoms with E-state index < -0.39 is 10.2 Å². The van der Waals surface area contributed by atoms with E-state index in [2.05, 4.69) is 20.8 Å². The van der Waals surface area contributed by atoms with Crippen LogP contribution < -0.4 is 10.6 Å². The van der Waals surface area contributed by atoms with Gasteiger partial charge in [-0.15, -0.1) is 5.10 Å². The Kier molecular flexibility index (Phi) is 7.06. The van der Waals surface area contributed by atoms with E-state index in [-0.39, 0.29) is 23.9 Å². The number of nitro groups is 1. The zero-order valence-corrected chi connectivity index (χ0v) is 16.4. The van der Waals surface area contributed by atoms with E-state index in [1.807, 2.05) is 36.4 Å². The van der Waals surface area contributed by atoms with Crippen LogP contribution in [0, 0.1) is 10.1 Å². The molecule has 3 rings (SSSR count). The lowest BCUT2D eigenvalue weighted by atomic mass is 10.2. The zero-order chi connectivity index (χ0) is 21.3. The standard InChI is InChI=1S/C20H17N5O4S/c26-18(22-15-8-10-16(11-9-15)25(28)29)13-17-19(27)23-20(30-17)24-21-12-4-7-14-5-2-1-3-6-14/h1-12,17H,13H2,(H,22,26)(H,23,24,27). The van der Waals surface area contributed by atoms with E-state index >= 15 is 0 Å². The van der Waals surface area contributed by atoms with Gasteiger partial charge in [-0.1, -0.05) is 48.2 Å². The Balaban J connectivity index is 1.49. The number of anilines is 1. The topological polar surface area (TPSA) is 126 Å². The molecule has 0 bridgehead atoms. The van der Waals surface area contributed by atoms with E-state index in [1.165, 1.54) is 30.5 Å². The molecule has 1 heterocycles. The second-order valence-electron chi connectivity index (χ2n) is 6.09. The number of benzene rings is 2. The number of amides is 2. The molecule has 0 radical (unpaired) electrons. The molecule has 30 heavy (non-hydrogen) atoms. The van der Waals surface area contributed by atoms with Gasteiger partial charge in [0.2, 0.25) is 11.8 Å². The molecule has 1 atom stereocenters. The first-order valence-corrected chi connectivity index (χ1v) is 9.74. The van der Waals surface area contributed by atoms with Crippen LogP contribution >= 0.6 is 11.8 Å². The molecule has 0 saturated carbocycles. The van der Waals surface area contributed by atoms with Crippen molar-refractivity contribution in [3.05, 3.63) is 76.4 Å². The Morgan fingerprint density at radius 3 is 2.63 bits per heavy atom. The third-order valence-electron chi connectivity index (χ3n) is 3.90. The number of rotatable bonds is 7. The first kappa shape index (κ1) is 20.9. The summed E-state index contributed by atoms with van der Waals surface area (Å²) in [5.74, 6) is -0.709. The normalized spacial score (nSPS) is 17.5. The number of nitro benzene ring substituents is 1. The van der Waals surface area contributed by atoms with Crippen LogP contribution in [-0.4, -0.2) is 33.4 Å². The van der Waals surface area contributed by atoms with E-state index in [1.54, 1.807) is 6.08 Å².